The van der Waals surface area contributed by atoms with Crippen LogP contribution in [-0.2, 0) is 54.4 Å². The maximum Gasteiger partial charge on any atom is 0.326 e. The van der Waals surface area contributed by atoms with E-state index in [1.54, 1.807) is 30.3 Å². The molecule has 56 heavy (non-hydrogen) atoms. The van der Waals surface area contributed by atoms with Crippen LogP contribution in [0.25, 0.3) is 0 Å². The summed E-state index contributed by atoms with van der Waals surface area (Å²) >= 11 is 3.95. The number of benzene rings is 1. The van der Waals surface area contributed by atoms with Crippen molar-refractivity contribution in [2.24, 2.45) is 11.8 Å². The Labute approximate surface area is 324 Å². The molecule has 0 spiro atoms. The number of hydrogen-bond acceptors (Lipinski definition) is 12. The van der Waals surface area contributed by atoms with E-state index in [4.69, 9.17) is 10.2 Å². The molecule has 0 aromatic heterocycles. The lowest BCUT2D eigenvalue weighted by Crippen LogP contribution is -2.51. The average Bonchev–Trinajstić information content (AvgIpc) is 3.11. The van der Waals surface area contributed by atoms with Crippen LogP contribution in [-0.4, -0.2) is 126 Å². The van der Waals surface area contributed by atoms with Crippen molar-refractivity contribution in [1.82, 2.24) is 21.3 Å². The third kappa shape index (κ3) is 18.8. The molecule has 0 aliphatic rings. The van der Waals surface area contributed by atoms with E-state index in [0.29, 0.717) is 5.56 Å². The van der Waals surface area contributed by atoms with E-state index >= 15 is 0 Å². The number of thiol groups is 1. The number of rotatable bonds is 28. The van der Waals surface area contributed by atoms with Crippen molar-refractivity contribution in [3.63, 3.8) is 0 Å². The second-order valence-corrected chi connectivity index (χ2v) is 12.9. The van der Waals surface area contributed by atoms with Gasteiger partial charge in [-0.1, -0.05) is 30.3 Å². The molecule has 0 fully saturated rings. The van der Waals surface area contributed by atoms with Gasteiger partial charge in [0.05, 0.1) is 24.3 Å². The number of carbonyl (C=O) groups is 11. The molecule has 0 aliphatic carbocycles. The molecule has 22 heteroatoms. The highest BCUT2D eigenvalue weighted by atomic mass is 32.1. The minimum Gasteiger partial charge on any atom is -0.481 e. The molecule has 0 heterocycles. The maximum atomic E-state index is 13.3. The lowest BCUT2D eigenvalue weighted by atomic mass is 9.92. The molecule has 6 atom stereocenters. The fourth-order valence-electron chi connectivity index (χ4n) is 5.09. The van der Waals surface area contributed by atoms with Gasteiger partial charge in [0.25, 0.3) is 0 Å². The Hall–Kier alpha value is -6.06. The van der Waals surface area contributed by atoms with Gasteiger partial charge < -0.3 is 51.9 Å². The van der Waals surface area contributed by atoms with Gasteiger partial charge in [-0.3, -0.25) is 33.6 Å². The van der Waals surface area contributed by atoms with Crippen LogP contribution in [0.5, 0.6) is 0 Å². The van der Waals surface area contributed by atoms with Crippen molar-refractivity contribution < 1.29 is 83.4 Å². The minimum absolute atomic E-state index is 0.0890. The van der Waals surface area contributed by atoms with Crippen molar-refractivity contribution in [3.05, 3.63) is 35.9 Å². The third-order valence-electron chi connectivity index (χ3n) is 8.13. The first-order valence-electron chi connectivity index (χ1n) is 16.9. The van der Waals surface area contributed by atoms with Crippen molar-refractivity contribution in [2.45, 2.75) is 88.4 Å². The number of urea groups is 1. The number of hydrogen-bond donors (Lipinski definition) is 11. The van der Waals surface area contributed by atoms with Crippen molar-refractivity contribution in [1.29, 1.82) is 0 Å². The number of carboxylic acids is 6. The van der Waals surface area contributed by atoms with Crippen LogP contribution in [0.2, 0.25) is 0 Å². The summed E-state index contributed by atoms with van der Waals surface area (Å²) in [6.45, 7) is 0. The summed E-state index contributed by atoms with van der Waals surface area (Å²) in [5, 5.41) is 64.1. The molecule has 0 saturated heterocycles. The third-order valence-corrected chi connectivity index (χ3v) is 8.57. The quantitative estimate of drug-likeness (QED) is 0.0477. The first kappa shape index (κ1) is 48.0. The summed E-state index contributed by atoms with van der Waals surface area (Å²) in [5.41, 5.74) is 0.579. The fourth-order valence-corrected chi connectivity index (χ4v) is 5.38. The van der Waals surface area contributed by atoms with Crippen molar-refractivity contribution in [2.75, 3.05) is 5.75 Å². The molecule has 1 rings (SSSR count). The smallest absolute Gasteiger partial charge is 0.326 e. The van der Waals surface area contributed by atoms with Crippen molar-refractivity contribution in [3.8, 4) is 0 Å². The topological polar surface area (TPSA) is 357 Å². The van der Waals surface area contributed by atoms with Gasteiger partial charge >= 0.3 is 41.8 Å². The van der Waals surface area contributed by atoms with E-state index in [1.165, 1.54) is 0 Å². The first-order chi connectivity index (χ1) is 26.2. The Kier molecular flexibility index (Phi) is 20.9. The maximum absolute atomic E-state index is 13.3. The van der Waals surface area contributed by atoms with Gasteiger partial charge in [0, 0.05) is 37.9 Å². The summed E-state index contributed by atoms with van der Waals surface area (Å²) < 4.78 is 0. The van der Waals surface area contributed by atoms with Gasteiger partial charge in [-0.25, -0.2) is 19.2 Å². The van der Waals surface area contributed by atoms with Gasteiger partial charge in [0.1, 0.15) is 23.9 Å². The molecule has 0 saturated carbocycles. The Bertz CT molecular complexity index is 1620. The highest BCUT2D eigenvalue weighted by Gasteiger charge is 2.32. The molecule has 4 amide bonds. The predicted octanol–water partition coefficient (Wildman–Crippen LogP) is -0.446. The molecule has 0 aliphatic heterocycles. The zero-order chi connectivity index (χ0) is 42.5. The molecule has 21 nitrogen and oxygen atoms in total. The number of nitrogens with one attached hydrogen (secondary N) is 4. The standard InChI is InChI=1S/C34H44N4O17S/c39-20(13-18(15-28(44)45)29(46)36-24(12-17-4-2-1-3-5-17)25(40)14-19(16-56)30(47)48)6-7-21(31(49)50)35-26(41)10-8-22(32(51)52)37-34(55)38-23(33(53)54)9-11-27(42)43/h1-5,18-19,21-24,56H,6-16H2,(H,35,41)(H,36,46)(H,42,43)(H,44,45)(H,47,48)(H,49,50)(H,51,52)(H,53,54)(H2,37,38,55)/t18?,19?,21?,22-,23-,24?/m1/s1. The molecular weight excluding hydrogens is 768 g/mol. The summed E-state index contributed by atoms with van der Waals surface area (Å²) in [4.78, 5) is 133. The van der Waals surface area contributed by atoms with Crippen LogP contribution in [0.4, 0.5) is 4.79 Å². The van der Waals surface area contributed by atoms with Crippen LogP contribution in [0.1, 0.15) is 63.4 Å². The Balaban J connectivity index is 2.92. The molecule has 1 aromatic rings. The molecule has 1 aromatic carbocycles. The second kappa shape index (κ2) is 24.4. The number of carbonyl (C=O) groups excluding carboxylic acids is 5. The largest absolute Gasteiger partial charge is 0.481 e. The van der Waals surface area contributed by atoms with E-state index in [9.17, 15) is 73.2 Å². The highest BCUT2D eigenvalue weighted by molar-refractivity contribution is 7.80. The van der Waals surface area contributed by atoms with Crippen molar-refractivity contribution >= 4 is 77.9 Å². The summed E-state index contributed by atoms with van der Waals surface area (Å²) in [5.74, 6) is -15.4. The predicted molar refractivity (Wildman–Crippen MR) is 191 cm³/mol. The van der Waals surface area contributed by atoms with Gasteiger partial charge in [-0.15, -0.1) is 0 Å². The van der Waals surface area contributed by atoms with E-state index in [2.05, 4.69) is 23.3 Å². The van der Waals surface area contributed by atoms with E-state index in [-0.39, 0.29) is 12.2 Å². The molecule has 0 radical (unpaired) electrons. The Morgan fingerprint density at radius 3 is 1.54 bits per heavy atom. The summed E-state index contributed by atoms with van der Waals surface area (Å²) in [6, 6.07) is 0.517. The lowest BCUT2D eigenvalue weighted by molar-refractivity contribution is -0.144. The monoisotopic (exact) mass is 812 g/mol. The zero-order valence-electron chi connectivity index (χ0n) is 29.8. The average molecular weight is 813 g/mol. The normalized spacial score (nSPS) is 13.9. The molecule has 10 N–H and O–H groups in total. The van der Waals surface area contributed by atoms with E-state index in [0.717, 1.165) is 0 Å². The minimum atomic E-state index is -1.78. The summed E-state index contributed by atoms with van der Waals surface area (Å²) in [7, 11) is 0. The summed E-state index contributed by atoms with van der Waals surface area (Å²) in [6.07, 6.45) is -5.75. The lowest BCUT2D eigenvalue weighted by Gasteiger charge is -2.22. The van der Waals surface area contributed by atoms with Gasteiger partial charge in [0.2, 0.25) is 11.8 Å². The number of Topliss-reactive ketones (excluding diaryl/α,β-unsaturated/α-hetero) is 2. The SMILES string of the molecule is O=C(O)CC[C@@H](NC(=O)N[C@H](CCC(=O)NC(CCC(=O)CC(CC(=O)O)C(=O)NC(Cc1ccccc1)C(=O)CC(CS)C(=O)O)C(=O)O)C(=O)O)C(=O)O. The van der Waals surface area contributed by atoms with Crippen LogP contribution in [0, 0.1) is 11.8 Å². The van der Waals surface area contributed by atoms with Crippen LogP contribution >= 0.6 is 12.6 Å². The second-order valence-electron chi connectivity index (χ2n) is 12.5. The fraction of sp³-hybridized carbons (Fsp3) is 0.500. The molecular formula is C34H44N4O17S. The van der Waals surface area contributed by atoms with Gasteiger partial charge in [-0.2, -0.15) is 12.6 Å². The van der Waals surface area contributed by atoms with Gasteiger partial charge in [0.15, 0.2) is 5.78 Å². The van der Waals surface area contributed by atoms with Crippen LogP contribution in [0.15, 0.2) is 30.3 Å². The van der Waals surface area contributed by atoms with E-state index in [1.807, 2.05) is 10.6 Å². The molecule has 308 valence electrons. The Morgan fingerprint density at radius 2 is 1.05 bits per heavy atom. The number of amides is 4. The molecule has 0 bridgehead atoms. The zero-order valence-corrected chi connectivity index (χ0v) is 30.6. The first-order valence-corrected chi connectivity index (χ1v) is 17.6. The number of carboxylic acid groups (broad SMARTS) is 6. The Morgan fingerprint density at radius 1 is 0.536 bits per heavy atom. The number of aliphatic carboxylic acids is 6. The van der Waals surface area contributed by atoms with Crippen LogP contribution < -0.4 is 21.3 Å². The highest BCUT2D eigenvalue weighted by Crippen LogP contribution is 2.17. The van der Waals surface area contributed by atoms with Crippen LogP contribution in [0.3, 0.4) is 0 Å². The van der Waals surface area contributed by atoms with E-state index < -0.39 is 159 Å². The molecule has 4 unspecified atom stereocenters. The number of ketones is 2. The van der Waals surface area contributed by atoms with Gasteiger partial charge in [-0.05, 0) is 31.2 Å².